The SMILES string of the molecule is CCN(CC(=O)Nc1ccc(Br)cc1)C(=S)Nc1cccc(C)c1. The zero-order chi connectivity index (χ0) is 17.5. The van der Waals surface area contributed by atoms with Crippen LogP contribution in [0.3, 0.4) is 0 Å². The molecule has 2 rings (SSSR count). The van der Waals surface area contributed by atoms with Crippen molar-refractivity contribution in [2.45, 2.75) is 13.8 Å². The Balaban J connectivity index is 1.93. The van der Waals surface area contributed by atoms with E-state index in [-0.39, 0.29) is 12.5 Å². The van der Waals surface area contributed by atoms with Crippen molar-refractivity contribution in [2.75, 3.05) is 23.7 Å². The van der Waals surface area contributed by atoms with Gasteiger partial charge in [-0.25, -0.2) is 0 Å². The van der Waals surface area contributed by atoms with Gasteiger partial charge < -0.3 is 15.5 Å². The molecule has 4 nitrogen and oxygen atoms in total. The van der Waals surface area contributed by atoms with E-state index in [4.69, 9.17) is 12.2 Å². The van der Waals surface area contributed by atoms with Crippen molar-refractivity contribution in [1.29, 1.82) is 0 Å². The summed E-state index contributed by atoms with van der Waals surface area (Å²) < 4.78 is 0.971. The van der Waals surface area contributed by atoms with Crippen LogP contribution in [0.5, 0.6) is 0 Å². The second kappa shape index (κ2) is 8.80. The average molecular weight is 406 g/mol. The van der Waals surface area contributed by atoms with Crippen LogP contribution in [0.15, 0.2) is 53.0 Å². The summed E-state index contributed by atoms with van der Waals surface area (Å²) in [4.78, 5) is 14.1. The van der Waals surface area contributed by atoms with Gasteiger partial charge in [0.1, 0.15) is 0 Å². The van der Waals surface area contributed by atoms with Crippen molar-refractivity contribution in [3.8, 4) is 0 Å². The highest BCUT2D eigenvalue weighted by Gasteiger charge is 2.13. The maximum absolute atomic E-state index is 12.2. The van der Waals surface area contributed by atoms with Gasteiger partial charge in [0.05, 0.1) is 6.54 Å². The highest BCUT2D eigenvalue weighted by atomic mass is 79.9. The van der Waals surface area contributed by atoms with Crippen LogP contribution in [-0.4, -0.2) is 29.0 Å². The van der Waals surface area contributed by atoms with Gasteiger partial charge in [-0.2, -0.15) is 0 Å². The standard InChI is InChI=1S/C18H20BrN3OS/c1-3-22(18(24)21-16-6-4-5-13(2)11-16)12-17(23)20-15-9-7-14(19)8-10-15/h4-11H,3,12H2,1-2H3,(H,20,23)(H,21,24). The highest BCUT2D eigenvalue weighted by molar-refractivity contribution is 9.10. The number of hydrogen-bond acceptors (Lipinski definition) is 2. The monoisotopic (exact) mass is 405 g/mol. The fraction of sp³-hybridized carbons (Fsp3) is 0.222. The van der Waals surface area contributed by atoms with Gasteiger partial charge in [0.15, 0.2) is 5.11 Å². The van der Waals surface area contributed by atoms with E-state index in [1.165, 1.54) is 0 Å². The minimum Gasteiger partial charge on any atom is -0.340 e. The number of hydrogen-bond donors (Lipinski definition) is 2. The van der Waals surface area contributed by atoms with E-state index in [1.54, 1.807) is 0 Å². The molecular weight excluding hydrogens is 386 g/mol. The molecule has 0 heterocycles. The van der Waals surface area contributed by atoms with Crippen molar-refractivity contribution < 1.29 is 4.79 Å². The zero-order valence-electron chi connectivity index (χ0n) is 13.7. The second-order valence-electron chi connectivity index (χ2n) is 5.37. The van der Waals surface area contributed by atoms with Gasteiger partial charge in [-0.3, -0.25) is 4.79 Å². The molecule has 2 aromatic rings. The van der Waals surface area contributed by atoms with Crippen LogP contribution in [0.2, 0.25) is 0 Å². The van der Waals surface area contributed by atoms with Crippen LogP contribution < -0.4 is 10.6 Å². The summed E-state index contributed by atoms with van der Waals surface area (Å²) in [6.07, 6.45) is 0. The van der Waals surface area contributed by atoms with E-state index in [2.05, 4.69) is 26.6 Å². The first-order chi connectivity index (χ1) is 11.5. The van der Waals surface area contributed by atoms with Crippen molar-refractivity contribution in [3.05, 3.63) is 58.6 Å². The molecular formula is C18H20BrN3OS. The number of rotatable bonds is 5. The number of carbonyl (C=O) groups excluding carboxylic acids is 1. The van der Waals surface area contributed by atoms with Crippen LogP contribution in [0, 0.1) is 6.92 Å². The summed E-state index contributed by atoms with van der Waals surface area (Å²) in [5.41, 5.74) is 2.84. The molecule has 2 N–H and O–H groups in total. The molecule has 0 saturated carbocycles. The number of amides is 1. The fourth-order valence-corrected chi connectivity index (χ4v) is 2.74. The van der Waals surface area contributed by atoms with Gasteiger partial charge in [0, 0.05) is 22.4 Å². The third-order valence-electron chi connectivity index (χ3n) is 3.40. The molecule has 0 aliphatic carbocycles. The third kappa shape index (κ3) is 5.62. The number of thiocarbonyl (C=S) groups is 1. The molecule has 0 aliphatic heterocycles. The number of halogens is 1. The Kier molecular flexibility index (Phi) is 6.75. The van der Waals surface area contributed by atoms with Gasteiger partial charge >= 0.3 is 0 Å². The number of nitrogens with zero attached hydrogens (tertiary/aromatic N) is 1. The molecule has 6 heteroatoms. The topological polar surface area (TPSA) is 44.4 Å². The average Bonchev–Trinajstić information content (AvgIpc) is 2.54. The number of carbonyl (C=O) groups is 1. The predicted molar refractivity (Wildman–Crippen MR) is 107 cm³/mol. The summed E-state index contributed by atoms with van der Waals surface area (Å²) in [5, 5.41) is 6.59. The van der Waals surface area contributed by atoms with Gasteiger partial charge in [0.25, 0.3) is 0 Å². The fourth-order valence-electron chi connectivity index (χ4n) is 2.16. The third-order valence-corrected chi connectivity index (χ3v) is 4.29. The minimum absolute atomic E-state index is 0.104. The summed E-state index contributed by atoms with van der Waals surface area (Å²) >= 11 is 8.80. The molecule has 0 bridgehead atoms. The van der Waals surface area contributed by atoms with Crippen LogP contribution in [0.4, 0.5) is 11.4 Å². The van der Waals surface area contributed by atoms with E-state index in [1.807, 2.05) is 67.3 Å². The van der Waals surface area contributed by atoms with Crippen molar-refractivity contribution >= 4 is 50.5 Å². The first-order valence-corrected chi connectivity index (χ1v) is 8.86. The summed E-state index contributed by atoms with van der Waals surface area (Å²) in [6, 6.07) is 15.4. The minimum atomic E-state index is -0.104. The Morgan fingerprint density at radius 3 is 2.46 bits per heavy atom. The molecule has 0 aromatic heterocycles. The zero-order valence-corrected chi connectivity index (χ0v) is 16.1. The lowest BCUT2D eigenvalue weighted by Gasteiger charge is -2.24. The van der Waals surface area contributed by atoms with E-state index in [0.717, 1.165) is 21.4 Å². The largest absolute Gasteiger partial charge is 0.340 e. The molecule has 126 valence electrons. The molecule has 2 aromatic carbocycles. The van der Waals surface area contributed by atoms with Crippen molar-refractivity contribution in [1.82, 2.24) is 4.90 Å². The van der Waals surface area contributed by atoms with Crippen LogP contribution >= 0.6 is 28.1 Å². The van der Waals surface area contributed by atoms with E-state index in [9.17, 15) is 4.79 Å². The lowest BCUT2D eigenvalue weighted by atomic mass is 10.2. The molecule has 0 fully saturated rings. The Morgan fingerprint density at radius 2 is 1.83 bits per heavy atom. The molecule has 0 aliphatic rings. The van der Waals surface area contributed by atoms with E-state index >= 15 is 0 Å². The molecule has 24 heavy (non-hydrogen) atoms. The second-order valence-corrected chi connectivity index (χ2v) is 6.67. The quantitative estimate of drug-likeness (QED) is 0.722. The number of nitrogens with one attached hydrogen (secondary N) is 2. The number of anilines is 2. The lowest BCUT2D eigenvalue weighted by Crippen LogP contribution is -2.40. The Morgan fingerprint density at radius 1 is 1.12 bits per heavy atom. The Labute approximate surface area is 156 Å². The smallest absolute Gasteiger partial charge is 0.243 e. The number of likely N-dealkylation sites (N-methyl/N-ethyl adjacent to an activating group) is 1. The van der Waals surface area contributed by atoms with Crippen molar-refractivity contribution in [3.63, 3.8) is 0 Å². The van der Waals surface area contributed by atoms with Gasteiger partial charge in [0.2, 0.25) is 5.91 Å². The van der Waals surface area contributed by atoms with Crippen LogP contribution in [0.1, 0.15) is 12.5 Å². The maximum atomic E-state index is 12.2. The van der Waals surface area contributed by atoms with E-state index < -0.39 is 0 Å². The first-order valence-electron chi connectivity index (χ1n) is 7.66. The maximum Gasteiger partial charge on any atom is 0.243 e. The van der Waals surface area contributed by atoms with Gasteiger partial charge in [-0.15, -0.1) is 0 Å². The Hall–Kier alpha value is -1.92. The number of benzene rings is 2. The van der Waals surface area contributed by atoms with Crippen LogP contribution in [0.25, 0.3) is 0 Å². The molecule has 0 unspecified atom stereocenters. The predicted octanol–water partition coefficient (Wildman–Crippen LogP) is 4.41. The van der Waals surface area contributed by atoms with Crippen molar-refractivity contribution in [2.24, 2.45) is 0 Å². The highest BCUT2D eigenvalue weighted by Crippen LogP contribution is 2.14. The molecule has 1 amide bonds. The number of aryl methyl sites for hydroxylation is 1. The Bertz CT molecular complexity index is 718. The summed E-state index contributed by atoms with van der Waals surface area (Å²) in [5.74, 6) is -0.104. The molecule has 0 spiro atoms. The summed E-state index contributed by atoms with van der Waals surface area (Å²) in [7, 11) is 0. The van der Waals surface area contributed by atoms with Gasteiger partial charge in [-0.1, -0.05) is 28.1 Å². The normalized spacial score (nSPS) is 10.1. The van der Waals surface area contributed by atoms with E-state index in [0.29, 0.717) is 11.7 Å². The van der Waals surface area contributed by atoms with Crippen LogP contribution in [-0.2, 0) is 4.79 Å². The molecule has 0 atom stereocenters. The van der Waals surface area contributed by atoms with Gasteiger partial charge in [-0.05, 0) is 68.0 Å². The molecule has 0 saturated heterocycles. The summed E-state index contributed by atoms with van der Waals surface area (Å²) in [6.45, 7) is 4.84. The first kappa shape index (κ1) is 18.4. The molecule has 0 radical (unpaired) electrons. The lowest BCUT2D eigenvalue weighted by molar-refractivity contribution is -0.116.